The number of carbonyl (C=O) groups is 2. The molecule has 0 saturated carbocycles. The first-order chi connectivity index (χ1) is 14.1. The molecule has 4 N–H and O–H groups in total. The molecule has 1 aromatic rings. The maximum Gasteiger partial charge on any atom is 0.328 e. The molecule has 1 heterocycles. The van der Waals surface area contributed by atoms with Gasteiger partial charge in [0.15, 0.2) is 0 Å². The second kappa shape index (κ2) is 14.0. The van der Waals surface area contributed by atoms with Gasteiger partial charge in [-0.1, -0.05) is 33.8 Å². The van der Waals surface area contributed by atoms with Gasteiger partial charge in [0.2, 0.25) is 5.91 Å². The molecule has 2 atom stereocenters. The van der Waals surface area contributed by atoms with Gasteiger partial charge >= 0.3 is 6.03 Å². The minimum atomic E-state index is -1.24. The van der Waals surface area contributed by atoms with E-state index >= 15 is 0 Å². The van der Waals surface area contributed by atoms with Crippen molar-refractivity contribution in [1.82, 2.24) is 15.2 Å². The second-order valence-electron chi connectivity index (χ2n) is 7.38. The summed E-state index contributed by atoms with van der Waals surface area (Å²) in [7, 11) is 0. The lowest BCUT2D eigenvalue weighted by Crippen LogP contribution is -2.48. The van der Waals surface area contributed by atoms with Gasteiger partial charge in [0.1, 0.15) is 6.17 Å². The molecule has 9 heteroatoms. The lowest BCUT2D eigenvalue weighted by atomic mass is 9.96. The normalized spacial score (nSPS) is 14.0. The van der Waals surface area contributed by atoms with Gasteiger partial charge in [-0.15, -0.1) is 11.3 Å². The number of imide groups is 1. The van der Waals surface area contributed by atoms with Crippen LogP contribution in [0.15, 0.2) is 23.4 Å². The van der Waals surface area contributed by atoms with Gasteiger partial charge in [0.25, 0.3) is 0 Å². The molecule has 0 saturated heterocycles. The monoisotopic (exact) mass is 442 g/mol. The zero-order chi connectivity index (χ0) is 23.4. The van der Waals surface area contributed by atoms with Crippen LogP contribution in [0.2, 0.25) is 0 Å². The Bertz CT molecular complexity index is 746. The zero-order valence-electron chi connectivity index (χ0n) is 18.9. The maximum atomic E-state index is 14.0. The third kappa shape index (κ3) is 8.73. The molecular formula is C21H35FN4O3S. The van der Waals surface area contributed by atoms with E-state index in [2.05, 4.69) is 16.2 Å². The Morgan fingerprint density at radius 1 is 1.30 bits per heavy atom. The maximum absolute atomic E-state index is 14.0. The molecule has 30 heavy (non-hydrogen) atoms. The van der Waals surface area contributed by atoms with Crippen LogP contribution >= 0.6 is 11.3 Å². The number of alkyl halides is 1. The van der Waals surface area contributed by atoms with E-state index in [4.69, 9.17) is 5.21 Å². The van der Waals surface area contributed by atoms with Crippen molar-refractivity contribution in [3.05, 3.63) is 33.9 Å². The summed E-state index contributed by atoms with van der Waals surface area (Å²) >= 11 is 1.56. The molecule has 170 valence electrons. The molecule has 0 aliphatic carbocycles. The minimum absolute atomic E-state index is 0.0624. The predicted octanol–water partition coefficient (Wildman–Crippen LogP) is 4.67. The standard InChI is InChI=1S/C21H32FN3O2S.H3NO/c1-8-18(22)11-25(20(26)16(6)13(2)3)21(27)24-15(5)10-9-14(4)19-17(7)23-12-28-19;1-2/h9-10,12-13,16,18H,8,11H2,1-7H3,(H,24,27);2H,1H2/b14-9+,15-10+;. The number of carbonyl (C=O) groups excluding carboxylic acids is 2. The number of hydrogen-bond donors (Lipinski definition) is 3. The molecular weight excluding hydrogens is 407 g/mol. The SMILES string of the molecule is CCC(F)CN(C(=O)N/C(C)=C/C=C(\C)c1scnc1C)C(=O)C(C)C(C)C.NO. The van der Waals surface area contributed by atoms with Gasteiger partial charge in [0.05, 0.1) is 22.6 Å². The van der Waals surface area contributed by atoms with Crippen LogP contribution in [0.3, 0.4) is 0 Å². The lowest BCUT2D eigenvalue weighted by Gasteiger charge is -2.27. The van der Waals surface area contributed by atoms with Crippen molar-refractivity contribution in [2.45, 2.75) is 61.1 Å². The largest absolute Gasteiger partial charge is 0.328 e. The molecule has 0 aromatic carbocycles. The Labute approximate surface area is 182 Å². The Balaban J connectivity index is 0.00000407. The van der Waals surface area contributed by atoms with Gasteiger partial charge in [0, 0.05) is 11.6 Å². The number of allylic oxidation sites excluding steroid dienone is 4. The summed E-state index contributed by atoms with van der Waals surface area (Å²) in [6.45, 7) is 12.7. The van der Waals surface area contributed by atoms with Gasteiger partial charge < -0.3 is 10.5 Å². The number of aromatic nitrogens is 1. The van der Waals surface area contributed by atoms with Crippen molar-refractivity contribution in [3.8, 4) is 0 Å². The van der Waals surface area contributed by atoms with Crippen molar-refractivity contribution in [3.63, 3.8) is 0 Å². The van der Waals surface area contributed by atoms with Crippen molar-refractivity contribution in [2.24, 2.45) is 17.7 Å². The summed E-state index contributed by atoms with van der Waals surface area (Å²) in [5.41, 5.74) is 4.36. The molecule has 0 aliphatic heterocycles. The van der Waals surface area contributed by atoms with E-state index < -0.39 is 12.2 Å². The molecule has 1 rings (SSSR count). The number of nitrogens with zero attached hydrogens (tertiary/aromatic N) is 2. The summed E-state index contributed by atoms with van der Waals surface area (Å²) in [6.07, 6.45) is 2.67. The highest BCUT2D eigenvalue weighted by Crippen LogP contribution is 2.22. The average Bonchev–Trinajstić information content (AvgIpc) is 3.16. The summed E-state index contributed by atoms with van der Waals surface area (Å²) in [5, 5.41) is 9.20. The molecule has 2 unspecified atom stereocenters. The van der Waals surface area contributed by atoms with Crippen LogP contribution in [-0.2, 0) is 4.79 Å². The summed E-state index contributed by atoms with van der Waals surface area (Å²) < 4.78 is 14.0. The fraction of sp³-hybridized carbons (Fsp3) is 0.571. The van der Waals surface area contributed by atoms with Gasteiger partial charge in [-0.05, 0) is 44.8 Å². The van der Waals surface area contributed by atoms with E-state index in [0.717, 1.165) is 21.0 Å². The number of urea groups is 1. The van der Waals surface area contributed by atoms with Crippen LogP contribution in [0.5, 0.6) is 0 Å². The van der Waals surface area contributed by atoms with Crippen LogP contribution in [-0.4, -0.2) is 39.7 Å². The fourth-order valence-corrected chi connectivity index (χ4v) is 3.21. The highest BCUT2D eigenvalue weighted by atomic mass is 32.1. The van der Waals surface area contributed by atoms with Crippen LogP contribution in [0.4, 0.5) is 9.18 Å². The quantitative estimate of drug-likeness (QED) is 0.400. The van der Waals surface area contributed by atoms with Crippen LogP contribution in [0.25, 0.3) is 5.57 Å². The summed E-state index contributed by atoms with van der Waals surface area (Å²) in [4.78, 5) is 31.7. The van der Waals surface area contributed by atoms with Crippen LogP contribution in [0.1, 0.15) is 58.5 Å². The molecule has 1 aromatic heterocycles. The molecule has 0 spiro atoms. The fourth-order valence-electron chi connectivity index (χ4n) is 2.41. The van der Waals surface area contributed by atoms with Crippen molar-refractivity contribution < 1.29 is 19.2 Å². The highest BCUT2D eigenvalue weighted by Gasteiger charge is 2.29. The highest BCUT2D eigenvalue weighted by molar-refractivity contribution is 7.10. The number of thiazole rings is 1. The Morgan fingerprint density at radius 2 is 1.90 bits per heavy atom. The summed E-state index contributed by atoms with van der Waals surface area (Å²) in [5.74, 6) is 2.84. The first kappa shape index (κ1) is 27.9. The molecule has 0 radical (unpaired) electrons. The number of nitrogens with one attached hydrogen (secondary N) is 1. The Kier molecular flexibility index (Phi) is 13.0. The average molecular weight is 443 g/mol. The van der Waals surface area contributed by atoms with Gasteiger partial charge in [-0.3, -0.25) is 9.69 Å². The van der Waals surface area contributed by atoms with Gasteiger partial charge in [-0.25, -0.2) is 20.1 Å². The number of rotatable bonds is 8. The third-order valence-electron chi connectivity index (χ3n) is 4.72. The van der Waals surface area contributed by atoms with E-state index in [1.165, 1.54) is 0 Å². The molecule has 0 aliphatic rings. The van der Waals surface area contributed by atoms with Gasteiger partial charge in [-0.2, -0.15) is 0 Å². The van der Waals surface area contributed by atoms with Crippen molar-refractivity contribution in [1.29, 1.82) is 0 Å². The first-order valence-electron chi connectivity index (χ1n) is 9.86. The molecule has 3 amide bonds. The second-order valence-corrected chi connectivity index (χ2v) is 8.24. The summed E-state index contributed by atoms with van der Waals surface area (Å²) in [6, 6.07) is -0.595. The number of hydrogen-bond acceptors (Lipinski definition) is 6. The van der Waals surface area contributed by atoms with E-state index in [1.54, 1.807) is 43.7 Å². The van der Waals surface area contributed by atoms with E-state index in [-0.39, 0.29) is 30.7 Å². The number of amides is 3. The first-order valence-corrected chi connectivity index (χ1v) is 10.7. The van der Waals surface area contributed by atoms with Crippen molar-refractivity contribution >= 4 is 28.8 Å². The molecule has 0 bridgehead atoms. The van der Waals surface area contributed by atoms with Crippen molar-refractivity contribution in [2.75, 3.05) is 6.54 Å². The third-order valence-corrected chi connectivity index (χ3v) is 5.78. The number of nitrogens with two attached hydrogens (primary N) is 1. The van der Waals surface area contributed by atoms with Crippen LogP contribution < -0.4 is 11.2 Å². The van der Waals surface area contributed by atoms with E-state index in [0.29, 0.717) is 5.70 Å². The molecule has 7 nitrogen and oxygen atoms in total. The smallest absolute Gasteiger partial charge is 0.320 e. The number of halogens is 1. The van der Waals surface area contributed by atoms with E-state index in [1.807, 2.05) is 33.8 Å². The minimum Gasteiger partial charge on any atom is -0.320 e. The van der Waals surface area contributed by atoms with Crippen LogP contribution in [0, 0.1) is 18.8 Å². The number of aryl methyl sites for hydroxylation is 1. The lowest BCUT2D eigenvalue weighted by molar-refractivity contribution is -0.133. The van der Waals surface area contributed by atoms with E-state index in [9.17, 15) is 14.0 Å². The molecule has 0 fully saturated rings. The topological polar surface area (TPSA) is 109 Å². The Morgan fingerprint density at radius 3 is 2.37 bits per heavy atom. The predicted molar refractivity (Wildman–Crippen MR) is 120 cm³/mol. The zero-order valence-corrected chi connectivity index (χ0v) is 19.7. The Hall–Kier alpha value is -2.10.